The SMILES string of the molecule is C/C(=N/Nc1ccc(F)c(C#N)c1)C(F)(F)F.C=CC(=O)Nc1ccc(I)cc1F.N#Cc1cc(N2N=C(C(F)(F)F)CC2C(=O)Nc2ccc(I)cc2F)ccc1F. The predicted octanol–water partition coefficient (Wildman–Crippen LogP) is 10.2. The van der Waals surface area contributed by atoms with Crippen LogP contribution in [0.5, 0.6) is 0 Å². The molecule has 1 unspecified atom stereocenters. The van der Waals surface area contributed by atoms with Gasteiger partial charge in [0.25, 0.3) is 0 Å². The van der Waals surface area contributed by atoms with Crippen LogP contribution in [0.4, 0.5) is 66.7 Å². The molecule has 10 nitrogen and oxygen atoms in total. The van der Waals surface area contributed by atoms with Crippen LogP contribution in [0.3, 0.4) is 0 Å². The molecule has 0 bridgehead atoms. The van der Waals surface area contributed by atoms with E-state index in [0.29, 0.717) is 3.57 Å². The van der Waals surface area contributed by atoms with Crippen molar-refractivity contribution in [1.82, 2.24) is 0 Å². The quantitative estimate of drug-likeness (QED) is 0.0553. The molecule has 22 heteroatoms. The number of carbonyl (C=O) groups is 2. The number of benzene rings is 4. The molecule has 0 aliphatic carbocycles. The fourth-order valence-corrected chi connectivity index (χ4v) is 5.25. The van der Waals surface area contributed by atoms with Gasteiger partial charge < -0.3 is 10.6 Å². The number of alkyl halides is 6. The van der Waals surface area contributed by atoms with Crippen LogP contribution < -0.4 is 21.1 Å². The van der Waals surface area contributed by atoms with E-state index < -0.39 is 76.9 Å². The molecule has 2 amide bonds. The van der Waals surface area contributed by atoms with Gasteiger partial charge in [-0.1, -0.05) is 6.58 Å². The molecule has 59 heavy (non-hydrogen) atoms. The molecule has 0 radical (unpaired) electrons. The summed E-state index contributed by atoms with van der Waals surface area (Å²) in [7, 11) is 0. The van der Waals surface area contributed by atoms with E-state index >= 15 is 0 Å². The van der Waals surface area contributed by atoms with Gasteiger partial charge >= 0.3 is 12.4 Å². The summed E-state index contributed by atoms with van der Waals surface area (Å²) < 4.78 is 131. The summed E-state index contributed by atoms with van der Waals surface area (Å²) in [5.41, 5.74) is -0.874. The minimum atomic E-state index is -4.79. The van der Waals surface area contributed by atoms with Crippen molar-refractivity contribution in [1.29, 1.82) is 10.5 Å². The van der Waals surface area contributed by atoms with Crippen LogP contribution in [0.25, 0.3) is 0 Å². The van der Waals surface area contributed by atoms with E-state index in [4.69, 9.17) is 10.5 Å². The largest absolute Gasteiger partial charge is 0.431 e. The Morgan fingerprint density at radius 1 is 0.814 bits per heavy atom. The molecular formula is C37H24F10I2N8O2. The van der Waals surface area contributed by atoms with Crippen LogP contribution in [-0.4, -0.2) is 41.6 Å². The summed E-state index contributed by atoms with van der Waals surface area (Å²) in [6.45, 7) is 4.06. The molecule has 3 N–H and O–H groups in total. The number of hydrogen-bond acceptors (Lipinski definition) is 8. The average molecular weight is 1060 g/mol. The van der Waals surface area contributed by atoms with Crippen molar-refractivity contribution in [2.75, 3.05) is 21.1 Å². The van der Waals surface area contributed by atoms with Crippen molar-refractivity contribution >= 4 is 91.2 Å². The molecule has 5 rings (SSSR count). The molecule has 0 spiro atoms. The molecule has 0 aromatic heterocycles. The molecule has 0 saturated carbocycles. The first-order valence-corrected chi connectivity index (χ1v) is 18.1. The highest BCUT2D eigenvalue weighted by atomic mass is 127. The van der Waals surface area contributed by atoms with E-state index in [0.717, 1.165) is 58.0 Å². The summed E-state index contributed by atoms with van der Waals surface area (Å²) in [6.07, 6.45) is -9.01. The number of carbonyl (C=O) groups excluding carboxylic acids is 2. The maximum Gasteiger partial charge on any atom is 0.431 e. The molecule has 0 saturated heterocycles. The van der Waals surface area contributed by atoms with Gasteiger partial charge in [0.2, 0.25) is 11.8 Å². The smallest absolute Gasteiger partial charge is 0.322 e. The van der Waals surface area contributed by atoms with E-state index in [1.807, 2.05) is 45.2 Å². The van der Waals surface area contributed by atoms with Crippen LogP contribution in [0.2, 0.25) is 0 Å². The lowest BCUT2D eigenvalue weighted by atomic mass is 10.1. The van der Waals surface area contributed by atoms with Gasteiger partial charge in [0.15, 0.2) is 0 Å². The zero-order valence-corrected chi connectivity index (χ0v) is 33.9. The first-order valence-electron chi connectivity index (χ1n) is 15.9. The minimum absolute atomic E-state index is 0.0783. The van der Waals surface area contributed by atoms with Gasteiger partial charge in [0.05, 0.1) is 33.9 Å². The molecule has 1 atom stereocenters. The van der Waals surface area contributed by atoms with E-state index in [1.165, 1.54) is 30.3 Å². The Morgan fingerprint density at radius 3 is 1.83 bits per heavy atom. The van der Waals surface area contributed by atoms with Crippen molar-refractivity contribution in [2.24, 2.45) is 10.2 Å². The first kappa shape index (κ1) is 47.6. The number of amides is 2. The number of hydrazone groups is 2. The van der Waals surface area contributed by atoms with Crippen molar-refractivity contribution in [3.8, 4) is 12.1 Å². The van der Waals surface area contributed by atoms with Crippen molar-refractivity contribution in [3.63, 3.8) is 0 Å². The normalized spacial score (nSPS) is 13.6. The predicted molar refractivity (Wildman–Crippen MR) is 215 cm³/mol. The fraction of sp³-hybridized carbons (Fsp3) is 0.135. The Labute approximate surface area is 355 Å². The van der Waals surface area contributed by atoms with E-state index in [1.54, 1.807) is 18.2 Å². The topological polar surface area (TPSA) is 146 Å². The van der Waals surface area contributed by atoms with Gasteiger partial charge in [-0.15, -0.1) is 0 Å². The lowest BCUT2D eigenvalue weighted by Gasteiger charge is -2.23. The Kier molecular flexibility index (Phi) is 16.8. The van der Waals surface area contributed by atoms with Gasteiger partial charge in [0.1, 0.15) is 52.9 Å². The second-order valence-corrected chi connectivity index (χ2v) is 13.9. The van der Waals surface area contributed by atoms with E-state index in [2.05, 4.69) is 32.8 Å². The average Bonchev–Trinajstić information content (AvgIpc) is 3.64. The summed E-state index contributed by atoms with van der Waals surface area (Å²) in [5.74, 6) is -4.15. The Hall–Kier alpha value is -5.76. The van der Waals surface area contributed by atoms with Crippen molar-refractivity contribution in [3.05, 3.63) is 127 Å². The minimum Gasteiger partial charge on any atom is -0.322 e. The van der Waals surface area contributed by atoms with Gasteiger partial charge in [-0.05, 0) is 131 Å². The zero-order valence-electron chi connectivity index (χ0n) is 29.6. The monoisotopic (exact) mass is 1060 g/mol. The van der Waals surface area contributed by atoms with E-state index in [9.17, 15) is 53.5 Å². The van der Waals surface area contributed by atoms with Crippen LogP contribution in [0.1, 0.15) is 24.5 Å². The highest BCUT2D eigenvalue weighted by Gasteiger charge is 2.45. The number of nitrogens with zero attached hydrogens (tertiary/aromatic N) is 5. The second kappa shape index (κ2) is 20.8. The van der Waals surface area contributed by atoms with Gasteiger partial charge in [0, 0.05) is 13.6 Å². The Balaban J connectivity index is 0.000000262. The van der Waals surface area contributed by atoms with Crippen LogP contribution in [-0.2, 0) is 9.59 Å². The number of rotatable bonds is 7. The second-order valence-electron chi connectivity index (χ2n) is 11.4. The van der Waals surface area contributed by atoms with E-state index in [-0.39, 0.29) is 28.3 Å². The lowest BCUT2D eigenvalue weighted by molar-refractivity contribution is -0.117. The summed E-state index contributed by atoms with van der Waals surface area (Å²) >= 11 is 3.86. The summed E-state index contributed by atoms with van der Waals surface area (Å²) in [5, 5.41) is 29.4. The third kappa shape index (κ3) is 13.9. The Bertz CT molecular complexity index is 2370. The third-order valence-electron chi connectivity index (χ3n) is 7.29. The standard InChI is InChI=1S/C18H10F5IN4O.C10H7F4N3.C9H7FINO/c19-12-3-2-11(5-9(12)8-25)28-15(7-16(27-28)18(21,22)23)17(29)26-14-4-1-10(24)6-13(14)20;1-6(10(12,13)14)16-17-8-2-3-9(11)7(4-8)5-15;1-2-9(13)12-8-4-3-6(11)5-7(8)10/h1-6,15H,7H2,(H,26,29);2-4,17H,1H3;2-5H,1H2,(H,12,13)/b;16-6-;. The lowest BCUT2D eigenvalue weighted by Crippen LogP contribution is -2.39. The van der Waals surface area contributed by atoms with Crippen molar-refractivity contribution in [2.45, 2.75) is 31.7 Å². The van der Waals surface area contributed by atoms with Gasteiger partial charge in [-0.3, -0.25) is 20.0 Å². The van der Waals surface area contributed by atoms with Crippen LogP contribution in [0, 0.1) is 53.1 Å². The highest BCUT2D eigenvalue weighted by molar-refractivity contribution is 14.1. The number of nitrogens with one attached hydrogen (secondary N) is 3. The number of anilines is 4. The third-order valence-corrected chi connectivity index (χ3v) is 8.63. The van der Waals surface area contributed by atoms with Gasteiger partial charge in [-0.2, -0.15) is 47.1 Å². The number of hydrogen-bond donors (Lipinski definition) is 3. The van der Waals surface area contributed by atoms with Crippen molar-refractivity contribution < 1.29 is 53.5 Å². The highest BCUT2D eigenvalue weighted by Crippen LogP contribution is 2.33. The summed E-state index contributed by atoms with van der Waals surface area (Å²) in [4.78, 5) is 23.4. The molecule has 1 heterocycles. The molecule has 1 aliphatic heterocycles. The molecule has 1 aliphatic rings. The molecule has 0 fully saturated rings. The molecular weight excluding hydrogens is 1030 g/mol. The van der Waals surface area contributed by atoms with Crippen LogP contribution >= 0.6 is 45.2 Å². The fourth-order valence-electron chi connectivity index (χ4n) is 4.34. The maximum atomic E-state index is 14.0. The molecule has 4 aromatic carbocycles. The number of nitriles is 2. The number of halogens is 12. The Morgan fingerprint density at radius 2 is 1.34 bits per heavy atom. The van der Waals surface area contributed by atoms with Crippen LogP contribution in [0.15, 0.2) is 95.7 Å². The summed E-state index contributed by atoms with van der Waals surface area (Å²) in [6, 6.07) is 16.4. The molecule has 308 valence electrons. The first-order chi connectivity index (χ1) is 27.6. The van der Waals surface area contributed by atoms with Gasteiger partial charge in [-0.25, -0.2) is 17.6 Å². The maximum absolute atomic E-state index is 14.0. The zero-order chi connectivity index (χ0) is 44.2. The molecule has 4 aromatic rings.